The van der Waals surface area contributed by atoms with E-state index in [9.17, 15) is 14.0 Å². The third-order valence-electron chi connectivity index (χ3n) is 6.31. The molecule has 174 valence electrons. The van der Waals surface area contributed by atoms with Gasteiger partial charge in [-0.25, -0.2) is 9.07 Å². The van der Waals surface area contributed by atoms with E-state index >= 15 is 0 Å². The molecule has 0 unspecified atom stereocenters. The van der Waals surface area contributed by atoms with Crippen molar-refractivity contribution in [2.45, 2.75) is 26.2 Å². The maximum absolute atomic E-state index is 14.4. The average molecular weight is 462 g/mol. The van der Waals surface area contributed by atoms with Gasteiger partial charge in [-0.2, -0.15) is 0 Å². The third-order valence-corrected chi connectivity index (χ3v) is 6.31. The summed E-state index contributed by atoms with van der Waals surface area (Å²) in [7, 11) is 3.25. The van der Waals surface area contributed by atoms with Gasteiger partial charge in [-0.15, -0.1) is 0 Å². The number of amides is 1. The van der Waals surface area contributed by atoms with Gasteiger partial charge in [-0.3, -0.25) is 14.3 Å². The van der Waals surface area contributed by atoms with Crippen LogP contribution in [0.5, 0.6) is 5.75 Å². The highest BCUT2D eigenvalue weighted by molar-refractivity contribution is 6.05. The lowest BCUT2D eigenvalue weighted by Gasteiger charge is -2.08. The van der Waals surface area contributed by atoms with E-state index in [1.54, 1.807) is 33.2 Å². The predicted molar refractivity (Wildman–Crippen MR) is 124 cm³/mol. The predicted octanol–water partition coefficient (Wildman–Crippen LogP) is 4.03. The first kappa shape index (κ1) is 21.7. The van der Waals surface area contributed by atoms with E-state index in [0.29, 0.717) is 23.4 Å². The van der Waals surface area contributed by atoms with Crippen LogP contribution in [0.1, 0.15) is 33.7 Å². The number of fused-ring (bicyclic) bond motifs is 3. The Morgan fingerprint density at radius 2 is 2.00 bits per heavy atom. The second kappa shape index (κ2) is 8.33. The summed E-state index contributed by atoms with van der Waals surface area (Å²) >= 11 is 0. The van der Waals surface area contributed by atoms with Gasteiger partial charge in [-0.1, -0.05) is 17.3 Å². The van der Waals surface area contributed by atoms with Gasteiger partial charge in [0.15, 0.2) is 11.5 Å². The SMILES string of the molecule is COc1ccc2c(c1)CCCc1c(C(=O)Nc3c(C)n(C)n(-c4ccccc4F)c3=O)noc1-2. The van der Waals surface area contributed by atoms with E-state index in [-0.39, 0.29) is 17.1 Å². The van der Waals surface area contributed by atoms with Crippen LogP contribution in [-0.4, -0.2) is 27.5 Å². The molecule has 0 saturated carbocycles. The van der Waals surface area contributed by atoms with E-state index in [1.807, 2.05) is 18.2 Å². The number of carbonyl (C=O) groups excluding carboxylic acids is 1. The molecule has 2 heterocycles. The molecule has 0 atom stereocenters. The van der Waals surface area contributed by atoms with Gasteiger partial charge in [0.2, 0.25) is 0 Å². The molecule has 2 aromatic carbocycles. The summed E-state index contributed by atoms with van der Waals surface area (Å²) in [5, 5.41) is 6.73. The maximum atomic E-state index is 14.4. The zero-order valence-electron chi connectivity index (χ0n) is 19.0. The molecule has 0 aliphatic heterocycles. The quantitative estimate of drug-likeness (QED) is 0.495. The smallest absolute Gasteiger partial charge is 0.295 e. The van der Waals surface area contributed by atoms with Crippen molar-refractivity contribution < 1.29 is 18.4 Å². The lowest BCUT2D eigenvalue weighted by Crippen LogP contribution is -2.24. The van der Waals surface area contributed by atoms with Crippen molar-refractivity contribution in [1.82, 2.24) is 14.5 Å². The number of para-hydroxylation sites is 1. The van der Waals surface area contributed by atoms with Gasteiger partial charge >= 0.3 is 0 Å². The van der Waals surface area contributed by atoms with Crippen LogP contribution >= 0.6 is 0 Å². The maximum Gasteiger partial charge on any atom is 0.295 e. The fraction of sp³-hybridized carbons (Fsp3) is 0.240. The van der Waals surface area contributed by atoms with Crippen LogP contribution in [0, 0.1) is 12.7 Å². The van der Waals surface area contributed by atoms with E-state index in [1.165, 1.54) is 21.5 Å². The molecule has 5 rings (SSSR count). The van der Waals surface area contributed by atoms with Gasteiger partial charge in [-0.05, 0) is 62.1 Å². The minimum absolute atomic E-state index is 0.0614. The van der Waals surface area contributed by atoms with Crippen LogP contribution in [0.25, 0.3) is 17.0 Å². The van der Waals surface area contributed by atoms with Gasteiger partial charge in [0.1, 0.15) is 22.9 Å². The average Bonchev–Trinajstić information content (AvgIpc) is 3.27. The summed E-state index contributed by atoms with van der Waals surface area (Å²) in [6.45, 7) is 1.68. The van der Waals surface area contributed by atoms with Crippen molar-refractivity contribution in [2.75, 3.05) is 12.4 Å². The molecule has 1 aliphatic carbocycles. The standard InChI is InChI=1S/C25H23FN4O4/c1-14-21(25(32)30(29(14)2)20-10-5-4-9-19(20)26)27-24(31)22-18-8-6-7-15-13-16(33-3)11-12-17(15)23(18)34-28-22/h4-5,9-13H,6-8H2,1-3H3,(H,27,31). The van der Waals surface area contributed by atoms with Crippen molar-refractivity contribution in [3.8, 4) is 22.8 Å². The number of anilines is 1. The highest BCUT2D eigenvalue weighted by Gasteiger charge is 2.28. The summed E-state index contributed by atoms with van der Waals surface area (Å²) in [4.78, 5) is 26.4. The monoisotopic (exact) mass is 462 g/mol. The van der Waals surface area contributed by atoms with Crippen LogP contribution in [0.3, 0.4) is 0 Å². The molecule has 8 nitrogen and oxygen atoms in total. The minimum atomic E-state index is -0.548. The van der Waals surface area contributed by atoms with Crippen molar-refractivity contribution in [3.05, 3.63) is 81.2 Å². The Kier molecular flexibility index (Phi) is 5.31. The first-order chi connectivity index (χ1) is 16.4. The van der Waals surface area contributed by atoms with Crippen molar-refractivity contribution >= 4 is 11.6 Å². The number of nitrogens with one attached hydrogen (secondary N) is 1. The Morgan fingerprint density at radius 1 is 1.21 bits per heavy atom. The topological polar surface area (TPSA) is 91.3 Å². The van der Waals surface area contributed by atoms with Gasteiger partial charge in [0.25, 0.3) is 11.5 Å². The van der Waals surface area contributed by atoms with E-state index in [4.69, 9.17) is 9.26 Å². The molecule has 2 aromatic heterocycles. The first-order valence-corrected chi connectivity index (χ1v) is 10.9. The summed E-state index contributed by atoms with van der Waals surface area (Å²) < 4.78 is 28.0. The second-order valence-corrected chi connectivity index (χ2v) is 8.22. The largest absolute Gasteiger partial charge is 0.497 e. The van der Waals surface area contributed by atoms with Crippen LogP contribution in [0.2, 0.25) is 0 Å². The first-order valence-electron chi connectivity index (χ1n) is 10.9. The number of carbonyl (C=O) groups is 1. The lowest BCUT2D eigenvalue weighted by atomic mass is 10.0. The zero-order valence-corrected chi connectivity index (χ0v) is 19.0. The zero-order chi connectivity index (χ0) is 24.0. The van der Waals surface area contributed by atoms with Gasteiger partial charge in [0.05, 0.1) is 12.8 Å². The molecule has 0 radical (unpaired) electrons. The molecule has 0 bridgehead atoms. The van der Waals surface area contributed by atoms with Crippen molar-refractivity contribution in [2.24, 2.45) is 7.05 Å². The number of ether oxygens (including phenoxy) is 1. The molecule has 1 amide bonds. The fourth-order valence-corrected chi connectivity index (χ4v) is 4.43. The summed E-state index contributed by atoms with van der Waals surface area (Å²) in [5.41, 5.74) is 2.88. The number of nitrogens with zero attached hydrogens (tertiary/aromatic N) is 3. The number of rotatable bonds is 4. The fourth-order valence-electron chi connectivity index (χ4n) is 4.43. The molecule has 0 fully saturated rings. The Morgan fingerprint density at radius 3 is 2.76 bits per heavy atom. The number of hydrogen-bond donors (Lipinski definition) is 1. The molecule has 0 saturated heterocycles. The third kappa shape index (κ3) is 3.40. The van der Waals surface area contributed by atoms with Gasteiger partial charge < -0.3 is 14.6 Å². The molecule has 9 heteroatoms. The minimum Gasteiger partial charge on any atom is -0.497 e. The Balaban J connectivity index is 1.52. The number of halogens is 1. The second-order valence-electron chi connectivity index (χ2n) is 8.22. The number of hydrogen-bond acceptors (Lipinski definition) is 5. The molecule has 4 aromatic rings. The molecule has 1 N–H and O–H groups in total. The van der Waals surface area contributed by atoms with Crippen LogP contribution in [0.4, 0.5) is 10.1 Å². The number of methoxy groups -OCH3 is 1. The number of benzene rings is 2. The van der Waals surface area contributed by atoms with E-state index in [2.05, 4.69) is 10.5 Å². The Labute approximate surface area is 194 Å². The lowest BCUT2D eigenvalue weighted by molar-refractivity contribution is 0.101. The summed E-state index contributed by atoms with van der Waals surface area (Å²) in [6, 6.07) is 11.7. The van der Waals surface area contributed by atoms with Crippen LogP contribution < -0.4 is 15.6 Å². The number of aryl methyl sites for hydroxylation is 1. The molecule has 34 heavy (non-hydrogen) atoms. The Hall–Kier alpha value is -4.14. The molecular formula is C25H23FN4O4. The highest BCUT2D eigenvalue weighted by atomic mass is 19.1. The van der Waals surface area contributed by atoms with Crippen molar-refractivity contribution in [3.63, 3.8) is 0 Å². The van der Waals surface area contributed by atoms with Crippen LogP contribution in [-0.2, 0) is 19.9 Å². The molecule has 0 spiro atoms. The van der Waals surface area contributed by atoms with E-state index in [0.717, 1.165) is 29.7 Å². The Bertz CT molecular complexity index is 1480. The van der Waals surface area contributed by atoms with Crippen LogP contribution in [0.15, 0.2) is 51.8 Å². The van der Waals surface area contributed by atoms with Crippen molar-refractivity contribution in [1.29, 1.82) is 0 Å². The molecule has 1 aliphatic rings. The summed E-state index contributed by atoms with van der Waals surface area (Å²) in [6.07, 6.45) is 2.22. The highest BCUT2D eigenvalue weighted by Crippen LogP contribution is 2.36. The van der Waals surface area contributed by atoms with Gasteiger partial charge in [0, 0.05) is 18.2 Å². The summed E-state index contributed by atoms with van der Waals surface area (Å²) in [5.74, 6) is 0.216. The number of aromatic nitrogens is 3. The molecular weight excluding hydrogens is 439 g/mol. The normalized spacial score (nSPS) is 12.6. The van der Waals surface area contributed by atoms with E-state index < -0.39 is 17.3 Å².